The number of methoxy groups -OCH3 is 1. The number of benzene rings is 1. The molecule has 0 radical (unpaired) electrons. The van der Waals surface area contributed by atoms with Crippen molar-refractivity contribution < 1.29 is 9.53 Å². The van der Waals surface area contributed by atoms with Crippen LogP contribution in [0.3, 0.4) is 0 Å². The molecule has 0 amide bonds. The Bertz CT molecular complexity index is 352. The van der Waals surface area contributed by atoms with Crippen molar-refractivity contribution in [3.63, 3.8) is 0 Å². The predicted octanol–water partition coefficient (Wildman–Crippen LogP) is 3.42. The molecule has 0 heterocycles. The minimum absolute atomic E-state index is 0.210. The Morgan fingerprint density at radius 3 is 2.80 bits per heavy atom. The SMILES string of the molecule is COc1ccc(SCCC(C)=O)cc1Cl. The number of hydrogen-bond acceptors (Lipinski definition) is 3. The quantitative estimate of drug-likeness (QED) is 0.743. The van der Waals surface area contributed by atoms with E-state index in [1.54, 1.807) is 25.8 Å². The molecule has 2 nitrogen and oxygen atoms in total. The van der Waals surface area contributed by atoms with E-state index in [4.69, 9.17) is 16.3 Å². The molecule has 0 aliphatic rings. The van der Waals surface area contributed by atoms with Gasteiger partial charge in [0.2, 0.25) is 0 Å². The van der Waals surface area contributed by atoms with Gasteiger partial charge in [-0.15, -0.1) is 11.8 Å². The van der Waals surface area contributed by atoms with Crippen molar-refractivity contribution in [1.29, 1.82) is 0 Å². The minimum atomic E-state index is 0.210. The average Bonchev–Trinajstić information content (AvgIpc) is 2.17. The molecule has 1 aromatic carbocycles. The van der Waals surface area contributed by atoms with Gasteiger partial charge in [0.15, 0.2) is 0 Å². The standard InChI is InChI=1S/C11H13ClO2S/c1-8(13)5-6-15-9-3-4-11(14-2)10(12)7-9/h3-4,7H,5-6H2,1-2H3. The van der Waals surface area contributed by atoms with Crippen LogP contribution in [0.1, 0.15) is 13.3 Å². The van der Waals surface area contributed by atoms with Gasteiger partial charge < -0.3 is 4.74 Å². The van der Waals surface area contributed by atoms with Crippen LogP contribution in [0.15, 0.2) is 23.1 Å². The third-order valence-electron chi connectivity index (χ3n) is 1.85. The molecule has 0 aromatic heterocycles. The number of carbonyl (C=O) groups is 1. The zero-order chi connectivity index (χ0) is 11.3. The fourth-order valence-corrected chi connectivity index (χ4v) is 2.36. The molecule has 0 fully saturated rings. The summed E-state index contributed by atoms with van der Waals surface area (Å²) in [6.45, 7) is 1.60. The molecule has 0 bridgehead atoms. The maximum absolute atomic E-state index is 10.7. The van der Waals surface area contributed by atoms with Crippen LogP contribution in [0.25, 0.3) is 0 Å². The Balaban J connectivity index is 2.55. The maximum atomic E-state index is 10.7. The molecule has 0 atom stereocenters. The Labute approximate surface area is 99.0 Å². The monoisotopic (exact) mass is 244 g/mol. The van der Waals surface area contributed by atoms with Crippen molar-refractivity contribution in [3.05, 3.63) is 23.2 Å². The minimum Gasteiger partial charge on any atom is -0.495 e. The lowest BCUT2D eigenvalue weighted by atomic mass is 10.3. The smallest absolute Gasteiger partial charge is 0.137 e. The van der Waals surface area contributed by atoms with Crippen molar-refractivity contribution in [2.45, 2.75) is 18.2 Å². The highest BCUT2D eigenvalue weighted by molar-refractivity contribution is 7.99. The third kappa shape index (κ3) is 4.14. The lowest BCUT2D eigenvalue weighted by Gasteiger charge is -2.05. The van der Waals surface area contributed by atoms with Crippen LogP contribution < -0.4 is 4.74 Å². The molecule has 0 saturated heterocycles. The summed E-state index contributed by atoms with van der Waals surface area (Å²) in [5, 5.41) is 0.602. The summed E-state index contributed by atoms with van der Waals surface area (Å²) >= 11 is 7.59. The largest absolute Gasteiger partial charge is 0.495 e. The van der Waals surface area contributed by atoms with Gasteiger partial charge in [0.25, 0.3) is 0 Å². The summed E-state index contributed by atoms with van der Waals surface area (Å²) < 4.78 is 5.05. The first-order valence-corrected chi connectivity index (χ1v) is 5.95. The number of thioether (sulfide) groups is 1. The van der Waals surface area contributed by atoms with Gasteiger partial charge in [0, 0.05) is 17.1 Å². The Hall–Kier alpha value is -0.670. The van der Waals surface area contributed by atoms with E-state index in [-0.39, 0.29) is 5.78 Å². The van der Waals surface area contributed by atoms with E-state index in [2.05, 4.69) is 0 Å². The molecule has 0 aliphatic carbocycles. The number of ether oxygens (including phenoxy) is 1. The third-order valence-corrected chi connectivity index (χ3v) is 3.14. The van der Waals surface area contributed by atoms with Crippen LogP contribution in [-0.2, 0) is 4.79 Å². The highest BCUT2D eigenvalue weighted by Gasteiger charge is 2.02. The van der Waals surface area contributed by atoms with E-state index in [9.17, 15) is 4.79 Å². The van der Waals surface area contributed by atoms with Crippen LogP contribution in [-0.4, -0.2) is 18.6 Å². The summed E-state index contributed by atoms with van der Waals surface area (Å²) in [4.78, 5) is 11.8. The van der Waals surface area contributed by atoms with Crippen LogP contribution in [0.2, 0.25) is 5.02 Å². The summed E-state index contributed by atoms with van der Waals surface area (Å²) in [5.41, 5.74) is 0. The van der Waals surface area contributed by atoms with Gasteiger partial charge in [-0.05, 0) is 25.1 Å². The van der Waals surface area contributed by atoms with E-state index in [1.807, 2.05) is 18.2 Å². The molecule has 0 aliphatic heterocycles. The van der Waals surface area contributed by atoms with Crippen LogP contribution in [0.4, 0.5) is 0 Å². The topological polar surface area (TPSA) is 26.3 Å². The van der Waals surface area contributed by atoms with Crippen LogP contribution in [0, 0.1) is 0 Å². The van der Waals surface area contributed by atoms with Gasteiger partial charge in [0.1, 0.15) is 11.5 Å². The average molecular weight is 245 g/mol. The molecule has 0 unspecified atom stereocenters. The van der Waals surface area contributed by atoms with E-state index < -0.39 is 0 Å². The normalized spacial score (nSPS) is 10.1. The molecule has 82 valence electrons. The number of hydrogen-bond donors (Lipinski definition) is 0. The second-order valence-corrected chi connectivity index (χ2v) is 4.67. The Morgan fingerprint density at radius 2 is 2.27 bits per heavy atom. The summed E-state index contributed by atoms with van der Waals surface area (Å²) in [7, 11) is 1.59. The van der Waals surface area contributed by atoms with E-state index in [0.29, 0.717) is 17.2 Å². The van der Waals surface area contributed by atoms with E-state index in [1.165, 1.54) is 0 Å². The van der Waals surface area contributed by atoms with Crippen molar-refractivity contribution in [2.75, 3.05) is 12.9 Å². The number of rotatable bonds is 5. The molecule has 1 rings (SSSR count). The summed E-state index contributed by atoms with van der Waals surface area (Å²) in [5.74, 6) is 1.67. The highest BCUT2D eigenvalue weighted by atomic mass is 35.5. The molecule has 1 aromatic rings. The lowest BCUT2D eigenvalue weighted by Crippen LogP contribution is -1.91. The summed E-state index contributed by atoms with van der Waals surface area (Å²) in [6.07, 6.45) is 0.592. The van der Waals surface area contributed by atoms with Gasteiger partial charge in [-0.2, -0.15) is 0 Å². The molecule has 0 spiro atoms. The molecular weight excluding hydrogens is 232 g/mol. The fourth-order valence-electron chi connectivity index (χ4n) is 1.05. The van der Waals surface area contributed by atoms with E-state index in [0.717, 1.165) is 10.6 Å². The zero-order valence-electron chi connectivity index (χ0n) is 8.75. The number of Topliss-reactive ketones (excluding diaryl/α,β-unsaturated/α-hetero) is 1. The first kappa shape index (κ1) is 12.4. The molecule has 0 N–H and O–H groups in total. The first-order valence-electron chi connectivity index (χ1n) is 4.59. The van der Waals surface area contributed by atoms with Gasteiger partial charge >= 0.3 is 0 Å². The van der Waals surface area contributed by atoms with Crippen LogP contribution >= 0.6 is 23.4 Å². The second kappa shape index (κ2) is 6.03. The van der Waals surface area contributed by atoms with Crippen molar-refractivity contribution in [3.8, 4) is 5.75 Å². The zero-order valence-corrected chi connectivity index (χ0v) is 10.3. The van der Waals surface area contributed by atoms with E-state index >= 15 is 0 Å². The first-order chi connectivity index (χ1) is 7.13. The van der Waals surface area contributed by atoms with Crippen LogP contribution in [0.5, 0.6) is 5.75 Å². The lowest BCUT2D eigenvalue weighted by molar-refractivity contribution is -0.116. The highest BCUT2D eigenvalue weighted by Crippen LogP contribution is 2.29. The number of ketones is 1. The van der Waals surface area contributed by atoms with Gasteiger partial charge in [-0.3, -0.25) is 4.79 Å². The number of carbonyl (C=O) groups excluding carboxylic acids is 1. The molecule has 15 heavy (non-hydrogen) atoms. The van der Waals surface area contributed by atoms with Gasteiger partial charge in [0.05, 0.1) is 12.1 Å². The second-order valence-electron chi connectivity index (χ2n) is 3.10. The van der Waals surface area contributed by atoms with Crippen molar-refractivity contribution in [1.82, 2.24) is 0 Å². The summed E-state index contributed by atoms with van der Waals surface area (Å²) in [6, 6.07) is 5.62. The molecular formula is C11H13ClO2S. The molecule has 0 saturated carbocycles. The predicted molar refractivity (Wildman–Crippen MR) is 64.0 cm³/mol. The Morgan fingerprint density at radius 1 is 1.53 bits per heavy atom. The maximum Gasteiger partial charge on any atom is 0.137 e. The van der Waals surface area contributed by atoms with Gasteiger partial charge in [-0.1, -0.05) is 11.6 Å². The fraction of sp³-hybridized carbons (Fsp3) is 0.364. The number of halogens is 1. The molecule has 4 heteroatoms. The van der Waals surface area contributed by atoms with Crippen molar-refractivity contribution >= 4 is 29.1 Å². The van der Waals surface area contributed by atoms with Crippen molar-refractivity contribution in [2.24, 2.45) is 0 Å². The van der Waals surface area contributed by atoms with Gasteiger partial charge in [-0.25, -0.2) is 0 Å². The Kier molecular flexibility index (Phi) is 4.99.